The van der Waals surface area contributed by atoms with Crippen molar-refractivity contribution in [3.63, 3.8) is 0 Å². The van der Waals surface area contributed by atoms with Crippen molar-refractivity contribution in [1.29, 1.82) is 0 Å². The first-order valence-corrected chi connectivity index (χ1v) is 9.34. The number of benzene rings is 1. The molecule has 7 nitrogen and oxygen atoms in total. The Morgan fingerprint density at radius 3 is 2.48 bits per heavy atom. The Balaban J connectivity index is 1.47. The van der Waals surface area contributed by atoms with Crippen molar-refractivity contribution in [3.8, 4) is 11.8 Å². The van der Waals surface area contributed by atoms with Gasteiger partial charge in [0.25, 0.3) is 0 Å². The molecule has 1 aliphatic rings. The maximum atomic E-state index is 12.3. The number of amides is 2. The number of carbonyl (C=O) groups excluding carboxylic acids is 1. The van der Waals surface area contributed by atoms with Gasteiger partial charge in [-0.2, -0.15) is 0 Å². The number of nitrogens with one attached hydrogen (secondary N) is 2. The van der Waals surface area contributed by atoms with Gasteiger partial charge < -0.3 is 20.1 Å². The fourth-order valence-corrected chi connectivity index (χ4v) is 3.23. The third kappa shape index (κ3) is 5.61. The number of halogens is 2. The minimum atomic E-state index is -0.291. The summed E-state index contributed by atoms with van der Waals surface area (Å²) >= 11 is 11.7. The molecule has 2 aromatic rings. The number of urea groups is 1. The predicted molar refractivity (Wildman–Crippen MR) is 104 cm³/mol. The van der Waals surface area contributed by atoms with Crippen molar-refractivity contribution in [2.45, 2.75) is 37.8 Å². The van der Waals surface area contributed by atoms with E-state index < -0.39 is 0 Å². The predicted octanol–water partition coefficient (Wildman–Crippen LogP) is 4.30. The number of anilines is 1. The average Bonchev–Trinajstić information content (AvgIpc) is 2.65. The van der Waals surface area contributed by atoms with Gasteiger partial charge in [0, 0.05) is 11.1 Å². The van der Waals surface area contributed by atoms with Crippen LogP contribution in [-0.4, -0.2) is 35.3 Å². The highest BCUT2D eigenvalue weighted by atomic mass is 35.5. The zero-order chi connectivity index (χ0) is 19.2. The third-order valence-corrected chi connectivity index (χ3v) is 4.72. The molecule has 2 amide bonds. The van der Waals surface area contributed by atoms with Crippen LogP contribution in [0.3, 0.4) is 0 Å². The summed E-state index contributed by atoms with van der Waals surface area (Å²) < 4.78 is 11.0. The summed E-state index contributed by atoms with van der Waals surface area (Å²) in [5.74, 6) is 0.551. The number of hydrogen-bond donors (Lipinski definition) is 2. The first-order chi connectivity index (χ1) is 13.0. The zero-order valence-corrected chi connectivity index (χ0v) is 16.3. The molecule has 1 aromatic carbocycles. The first-order valence-electron chi connectivity index (χ1n) is 8.58. The van der Waals surface area contributed by atoms with Crippen LogP contribution in [0, 0.1) is 0 Å². The maximum Gasteiger partial charge on any atom is 0.319 e. The van der Waals surface area contributed by atoms with Crippen molar-refractivity contribution in [2.24, 2.45) is 0 Å². The van der Waals surface area contributed by atoms with Gasteiger partial charge in [0.1, 0.15) is 11.9 Å². The average molecular weight is 411 g/mol. The van der Waals surface area contributed by atoms with Crippen LogP contribution in [0.2, 0.25) is 10.0 Å². The number of rotatable bonds is 5. The maximum absolute atomic E-state index is 12.3. The lowest BCUT2D eigenvalue weighted by Crippen LogP contribution is -2.41. The molecule has 1 aliphatic carbocycles. The van der Waals surface area contributed by atoms with E-state index in [9.17, 15) is 4.79 Å². The summed E-state index contributed by atoms with van der Waals surface area (Å²) in [5.41, 5.74) is 0.527. The molecule has 0 spiro atoms. The van der Waals surface area contributed by atoms with Crippen molar-refractivity contribution in [1.82, 2.24) is 15.3 Å². The summed E-state index contributed by atoms with van der Waals surface area (Å²) in [6.45, 7) is 0. The molecule has 0 radical (unpaired) electrons. The van der Waals surface area contributed by atoms with E-state index in [0.717, 1.165) is 25.7 Å². The fourth-order valence-electron chi connectivity index (χ4n) is 2.96. The van der Waals surface area contributed by atoms with Crippen LogP contribution in [0.4, 0.5) is 10.5 Å². The zero-order valence-electron chi connectivity index (χ0n) is 14.7. The van der Waals surface area contributed by atoms with Gasteiger partial charge >= 0.3 is 12.0 Å². The molecule has 0 aliphatic heterocycles. The van der Waals surface area contributed by atoms with Crippen LogP contribution in [0.5, 0.6) is 11.8 Å². The number of aromatic nitrogens is 2. The van der Waals surface area contributed by atoms with E-state index >= 15 is 0 Å². The van der Waals surface area contributed by atoms with Gasteiger partial charge in [0.05, 0.1) is 30.2 Å². The normalized spacial score (nSPS) is 19.2. The monoisotopic (exact) mass is 410 g/mol. The number of methoxy groups -OCH3 is 1. The van der Waals surface area contributed by atoms with Crippen molar-refractivity contribution in [2.75, 3.05) is 12.4 Å². The van der Waals surface area contributed by atoms with Crippen molar-refractivity contribution in [3.05, 3.63) is 40.6 Å². The van der Waals surface area contributed by atoms with Crippen LogP contribution >= 0.6 is 23.2 Å². The van der Waals surface area contributed by atoms with Gasteiger partial charge in [-0.05, 0) is 43.9 Å². The molecule has 144 valence electrons. The highest BCUT2D eigenvalue weighted by Gasteiger charge is 2.24. The second kappa shape index (κ2) is 9.10. The Morgan fingerprint density at radius 1 is 1.11 bits per heavy atom. The summed E-state index contributed by atoms with van der Waals surface area (Å²) in [6, 6.07) is 5.16. The second-order valence-corrected chi connectivity index (χ2v) is 7.09. The van der Waals surface area contributed by atoms with E-state index in [2.05, 4.69) is 20.6 Å². The molecule has 1 aromatic heterocycles. The third-order valence-electron chi connectivity index (χ3n) is 4.29. The van der Waals surface area contributed by atoms with E-state index in [4.69, 9.17) is 32.7 Å². The smallest absolute Gasteiger partial charge is 0.319 e. The molecular weight excluding hydrogens is 391 g/mol. The van der Waals surface area contributed by atoms with Crippen LogP contribution < -0.4 is 20.1 Å². The molecule has 1 heterocycles. The Bertz CT molecular complexity index is 781. The minimum Gasteiger partial charge on any atom is -0.495 e. The Morgan fingerprint density at radius 2 is 1.81 bits per heavy atom. The standard InChI is InChI=1S/C18H20Cl2N4O3/c1-26-16-7-2-11(19)8-15(16)24-17(25)23-13-3-5-14(6-4-13)27-18-21-9-12(20)10-22-18/h2,7-10,13-14H,3-6H2,1H3,(H2,23,24,25). The molecule has 1 fully saturated rings. The van der Waals surface area contributed by atoms with E-state index in [1.807, 2.05) is 0 Å². The summed E-state index contributed by atoms with van der Waals surface area (Å²) in [4.78, 5) is 20.4. The molecule has 9 heteroatoms. The molecule has 0 unspecified atom stereocenters. The summed E-state index contributed by atoms with van der Waals surface area (Å²) in [5, 5.41) is 6.75. The van der Waals surface area contributed by atoms with Gasteiger partial charge in [0.2, 0.25) is 0 Å². The lowest BCUT2D eigenvalue weighted by atomic mass is 9.93. The lowest BCUT2D eigenvalue weighted by Gasteiger charge is -2.28. The topological polar surface area (TPSA) is 85.4 Å². The molecule has 27 heavy (non-hydrogen) atoms. The summed E-state index contributed by atoms with van der Waals surface area (Å²) in [7, 11) is 1.54. The molecule has 1 saturated carbocycles. The highest BCUT2D eigenvalue weighted by molar-refractivity contribution is 6.31. The molecular formula is C18H20Cl2N4O3. The van der Waals surface area contributed by atoms with Crippen LogP contribution in [0.15, 0.2) is 30.6 Å². The van der Waals surface area contributed by atoms with E-state index in [0.29, 0.717) is 27.5 Å². The van der Waals surface area contributed by atoms with Gasteiger partial charge in [-0.1, -0.05) is 23.2 Å². The second-order valence-electron chi connectivity index (χ2n) is 6.22. The van der Waals surface area contributed by atoms with Crippen LogP contribution in [0.25, 0.3) is 0 Å². The van der Waals surface area contributed by atoms with Gasteiger partial charge in [-0.3, -0.25) is 0 Å². The van der Waals surface area contributed by atoms with E-state index in [1.54, 1.807) is 18.2 Å². The Labute approximate surface area is 167 Å². The van der Waals surface area contributed by atoms with Gasteiger partial charge in [-0.25, -0.2) is 14.8 Å². The summed E-state index contributed by atoms with van der Waals surface area (Å²) in [6.07, 6.45) is 6.25. The SMILES string of the molecule is COc1ccc(Cl)cc1NC(=O)NC1CCC(Oc2ncc(Cl)cn2)CC1. The molecule has 0 bridgehead atoms. The number of nitrogens with zero attached hydrogens (tertiary/aromatic N) is 2. The van der Waals surface area contributed by atoms with Crippen LogP contribution in [-0.2, 0) is 0 Å². The molecule has 0 saturated heterocycles. The Hall–Kier alpha value is -2.25. The van der Waals surface area contributed by atoms with Crippen LogP contribution in [0.1, 0.15) is 25.7 Å². The lowest BCUT2D eigenvalue weighted by molar-refractivity contribution is 0.129. The van der Waals surface area contributed by atoms with Gasteiger partial charge in [-0.15, -0.1) is 0 Å². The largest absolute Gasteiger partial charge is 0.495 e. The van der Waals surface area contributed by atoms with E-state index in [-0.39, 0.29) is 18.2 Å². The van der Waals surface area contributed by atoms with Gasteiger partial charge in [0.15, 0.2) is 0 Å². The van der Waals surface area contributed by atoms with E-state index in [1.165, 1.54) is 19.5 Å². The number of ether oxygens (including phenoxy) is 2. The fraction of sp³-hybridized carbons (Fsp3) is 0.389. The molecule has 2 N–H and O–H groups in total. The minimum absolute atomic E-state index is 0.0281. The number of carbonyl (C=O) groups is 1. The van der Waals surface area contributed by atoms with Crippen molar-refractivity contribution < 1.29 is 14.3 Å². The number of hydrogen-bond acceptors (Lipinski definition) is 5. The quantitative estimate of drug-likeness (QED) is 0.766. The Kier molecular flexibility index (Phi) is 6.58. The highest BCUT2D eigenvalue weighted by Crippen LogP contribution is 2.28. The molecule has 0 atom stereocenters. The molecule has 3 rings (SSSR count). The van der Waals surface area contributed by atoms with Crippen molar-refractivity contribution >= 4 is 34.9 Å². The first kappa shape index (κ1) is 19.5.